The molecule has 0 spiro atoms. The lowest BCUT2D eigenvalue weighted by Crippen LogP contribution is -2.27. The quantitative estimate of drug-likeness (QED) is 0.825. The molecule has 20 heavy (non-hydrogen) atoms. The Morgan fingerprint density at radius 1 is 1.40 bits per heavy atom. The second-order valence-electron chi connectivity index (χ2n) is 4.45. The van der Waals surface area contributed by atoms with Gasteiger partial charge in [0.2, 0.25) is 0 Å². The molecule has 0 bridgehead atoms. The molecule has 106 valence electrons. The van der Waals surface area contributed by atoms with Gasteiger partial charge in [0.25, 0.3) is 5.91 Å². The maximum absolute atomic E-state index is 13.7. The highest BCUT2D eigenvalue weighted by Crippen LogP contribution is 2.16. The van der Waals surface area contributed by atoms with Crippen molar-refractivity contribution in [3.05, 3.63) is 53.1 Å². The number of nitrogens with one attached hydrogen (secondary N) is 2. The molecular weight excluding hydrogens is 264 g/mol. The van der Waals surface area contributed by atoms with Crippen molar-refractivity contribution in [3.63, 3.8) is 0 Å². The first kappa shape index (κ1) is 14.2. The van der Waals surface area contributed by atoms with Crippen LogP contribution in [0.15, 0.2) is 24.5 Å². The Bertz CT molecular complexity index is 597. The van der Waals surface area contributed by atoms with Gasteiger partial charge in [-0.25, -0.2) is 13.8 Å². The predicted molar refractivity (Wildman–Crippen MR) is 70.3 cm³/mol. The molecule has 0 aliphatic rings. The van der Waals surface area contributed by atoms with E-state index in [0.717, 1.165) is 11.9 Å². The number of aryl methyl sites for hydroxylation is 2. The van der Waals surface area contributed by atoms with Crippen LogP contribution in [0.4, 0.5) is 8.78 Å². The number of hydrogen-bond donors (Lipinski definition) is 2. The first-order valence-electron chi connectivity index (χ1n) is 6.30. The fraction of sp³-hybridized carbons (Fsp3) is 0.286. The number of amides is 1. The van der Waals surface area contributed by atoms with Gasteiger partial charge >= 0.3 is 0 Å². The topological polar surface area (TPSA) is 57.8 Å². The second-order valence-corrected chi connectivity index (χ2v) is 4.45. The summed E-state index contributed by atoms with van der Waals surface area (Å²) in [6.07, 6.45) is 4.65. The third kappa shape index (κ3) is 3.20. The minimum Gasteiger partial charge on any atom is -0.352 e. The molecule has 0 aliphatic heterocycles. The number of rotatable bonds is 5. The zero-order valence-electron chi connectivity index (χ0n) is 11.0. The van der Waals surface area contributed by atoms with E-state index in [4.69, 9.17) is 0 Å². The average Bonchev–Trinajstić information content (AvgIpc) is 2.93. The third-order valence-corrected chi connectivity index (χ3v) is 2.94. The first-order valence-corrected chi connectivity index (χ1v) is 6.30. The molecule has 4 nitrogen and oxygen atoms in total. The number of H-pyrrole nitrogens is 1. The Labute approximate surface area is 115 Å². The summed E-state index contributed by atoms with van der Waals surface area (Å²) in [5.41, 5.74) is -0.282. The normalized spacial score (nSPS) is 10.6. The first-order chi connectivity index (χ1) is 9.59. The van der Waals surface area contributed by atoms with Crippen LogP contribution in [0.5, 0.6) is 0 Å². The van der Waals surface area contributed by atoms with Gasteiger partial charge < -0.3 is 10.3 Å². The van der Waals surface area contributed by atoms with Crippen molar-refractivity contribution in [2.24, 2.45) is 0 Å². The summed E-state index contributed by atoms with van der Waals surface area (Å²) in [7, 11) is 0. The molecule has 2 N–H and O–H groups in total. The Hall–Kier alpha value is -2.24. The van der Waals surface area contributed by atoms with Crippen LogP contribution >= 0.6 is 0 Å². The molecule has 0 unspecified atom stereocenters. The molecule has 0 radical (unpaired) electrons. The van der Waals surface area contributed by atoms with Crippen LogP contribution in [-0.2, 0) is 6.42 Å². The van der Waals surface area contributed by atoms with Crippen molar-refractivity contribution >= 4 is 5.91 Å². The van der Waals surface area contributed by atoms with E-state index in [1.165, 1.54) is 13.0 Å². The van der Waals surface area contributed by atoms with E-state index >= 15 is 0 Å². The van der Waals surface area contributed by atoms with Crippen molar-refractivity contribution in [2.45, 2.75) is 19.8 Å². The van der Waals surface area contributed by atoms with Crippen LogP contribution in [0.25, 0.3) is 0 Å². The van der Waals surface area contributed by atoms with E-state index in [-0.39, 0.29) is 5.56 Å². The lowest BCUT2D eigenvalue weighted by atomic mass is 10.1. The van der Waals surface area contributed by atoms with Crippen molar-refractivity contribution in [1.82, 2.24) is 15.3 Å². The Kier molecular flexibility index (Phi) is 4.45. The molecule has 0 fully saturated rings. The Morgan fingerprint density at radius 2 is 2.20 bits per heavy atom. The summed E-state index contributed by atoms with van der Waals surface area (Å²) >= 11 is 0. The number of hydrogen-bond acceptors (Lipinski definition) is 2. The van der Waals surface area contributed by atoms with Crippen LogP contribution in [0.3, 0.4) is 0 Å². The van der Waals surface area contributed by atoms with E-state index in [1.807, 2.05) is 0 Å². The second kappa shape index (κ2) is 6.27. The minimum absolute atomic E-state index is 0.243. The maximum atomic E-state index is 13.7. The van der Waals surface area contributed by atoms with Crippen LogP contribution in [0, 0.1) is 18.6 Å². The summed E-state index contributed by atoms with van der Waals surface area (Å²) in [6, 6.07) is 2.40. The number of nitrogens with zero attached hydrogens (tertiary/aromatic N) is 1. The molecule has 0 saturated carbocycles. The SMILES string of the molecule is Cc1ccc(F)c(C(=O)NCCCc2ncc[nH]2)c1F. The Morgan fingerprint density at radius 3 is 2.90 bits per heavy atom. The van der Waals surface area contributed by atoms with Crippen LogP contribution < -0.4 is 5.32 Å². The molecule has 1 aromatic heterocycles. The van der Waals surface area contributed by atoms with Crippen molar-refractivity contribution < 1.29 is 13.6 Å². The van der Waals surface area contributed by atoms with E-state index in [2.05, 4.69) is 15.3 Å². The van der Waals surface area contributed by atoms with Crippen LogP contribution in [0.1, 0.15) is 28.2 Å². The van der Waals surface area contributed by atoms with Gasteiger partial charge in [0.15, 0.2) is 0 Å². The van der Waals surface area contributed by atoms with E-state index in [1.54, 1.807) is 12.4 Å². The van der Waals surface area contributed by atoms with Gasteiger partial charge in [-0.15, -0.1) is 0 Å². The smallest absolute Gasteiger partial charge is 0.257 e. The van der Waals surface area contributed by atoms with Gasteiger partial charge in [-0.05, 0) is 25.0 Å². The molecule has 2 rings (SSSR count). The number of aromatic amines is 1. The summed E-state index contributed by atoms with van der Waals surface area (Å²) < 4.78 is 27.2. The minimum atomic E-state index is -0.850. The van der Waals surface area contributed by atoms with Gasteiger partial charge in [0.05, 0.1) is 0 Å². The fourth-order valence-electron chi connectivity index (χ4n) is 1.85. The monoisotopic (exact) mass is 279 g/mol. The lowest BCUT2D eigenvalue weighted by molar-refractivity contribution is 0.0944. The third-order valence-electron chi connectivity index (χ3n) is 2.94. The molecule has 0 atom stereocenters. The number of aromatic nitrogens is 2. The fourth-order valence-corrected chi connectivity index (χ4v) is 1.85. The predicted octanol–water partition coefficient (Wildman–Crippen LogP) is 2.36. The number of halogens is 2. The van der Waals surface area contributed by atoms with Gasteiger partial charge in [0, 0.05) is 25.4 Å². The van der Waals surface area contributed by atoms with Gasteiger partial charge in [0.1, 0.15) is 23.0 Å². The van der Waals surface area contributed by atoms with Crippen LogP contribution in [0.2, 0.25) is 0 Å². The summed E-state index contributed by atoms with van der Waals surface area (Å²) in [4.78, 5) is 18.8. The van der Waals surface area contributed by atoms with Gasteiger partial charge in [-0.1, -0.05) is 6.07 Å². The molecule has 0 aliphatic carbocycles. The number of benzene rings is 1. The largest absolute Gasteiger partial charge is 0.352 e. The lowest BCUT2D eigenvalue weighted by Gasteiger charge is -2.08. The number of carbonyl (C=O) groups excluding carboxylic acids is 1. The standard InChI is InChI=1S/C14H15F2N3O/c1-9-4-5-10(15)12(13(9)16)14(20)19-6-2-3-11-17-7-8-18-11/h4-5,7-8H,2-3,6H2,1H3,(H,17,18)(H,19,20). The number of carbonyl (C=O) groups is 1. The zero-order valence-corrected chi connectivity index (χ0v) is 11.0. The van der Waals surface area contributed by atoms with Crippen molar-refractivity contribution in [1.29, 1.82) is 0 Å². The molecule has 1 aromatic carbocycles. The van der Waals surface area contributed by atoms with Crippen LogP contribution in [-0.4, -0.2) is 22.4 Å². The van der Waals surface area contributed by atoms with E-state index in [9.17, 15) is 13.6 Å². The molecule has 6 heteroatoms. The maximum Gasteiger partial charge on any atom is 0.257 e. The molecule has 2 aromatic rings. The highest BCUT2D eigenvalue weighted by atomic mass is 19.1. The molecular formula is C14H15F2N3O. The highest BCUT2D eigenvalue weighted by molar-refractivity contribution is 5.94. The molecule has 0 saturated heterocycles. The zero-order chi connectivity index (χ0) is 14.5. The van der Waals surface area contributed by atoms with E-state index < -0.39 is 23.1 Å². The summed E-state index contributed by atoms with van der Waals surface area (Å²) in [6.45, 7) is 1.81. The molecule has 1 heterocycles. The average molecular weight is 279 g/mol. The van der Waals surface area contributed by atoms with E-state index in [0.29, 0.717) is 19.4 Å². The van der Waals surface area contributed by atoms with Gasteiger partial charge in [-0.2, -0.15) is 0 Å². The van der Waals surface area contributed by atoms with Gasteiger partial charge in [-0.3, -0.25) is 4.79 Å². The Balaban J connectivity index is 1.90. The molecule has 1 amide bonds. The van der Waals surface area contributed by atoms with Crippen molar-refractivity contribution in [2.75, 3.05) is 6.54 Å². The number of imidazole rings is 1. The highest BCUT2D eigenvalue weighted by Gasteiger charge is 2.18. The summed E-state index contributed by atoms with van der Waals surface area (Å²) in [5, 5.41) is 2.51. The summed E-state index contributed by atoms with van der Waals surface area (Å²) in [5.74, 6) is -1.58. The van der Waals surface area contributed by atoms with Crippen molar-refractivity contribution in [3.8, 4) is 0 Å².